The van der Waals surface area contributed by atoms with Crippen LogP contribution in [0.5, 0.6) is 0 Å². The zero-order valence-electron chi connectivity index (χ0n) is 11.8. The molecule has 0 radical (unpaired) electrons. The van der Waals surface area contributed by atoms with Crippen molar-refractivity contribution in [3.8, 4) is 0 Å². The van der Waals surface area contributed by atoms with Gasteiger partial charge in [0.25, 0.3) is 5.91 Å². The van der Waals surface area contributed by atoms with Crippen LogP contribution in [-0.2, 0) is 4.74 Å². The number of hydrogen-bond donors (Lipinski definition) is 0. The van der Waals surface area contributed by atoms with Crippen LogP contribution < -0.4 is 0 Å². The van der Waals surface area contributed by atoms with Gasteiger partial charge in [0.2, 0.25) is 0 Å². The van der Waals surface area contributed by atoms with E-state index >= 15 is 0 Å². The van der Waals surface area contributed by atoms with Crippen molar-refractivity contribution >= 4 is 11.6 Å². The highest BCUT2D eigenvalue weighted by atomic mass is 19.4. The minimum Gasteiger partial charge on any atom is -0.365 e. The molecule has 0 aliphatic carbocycles. The van der Waals surface area contributed by atoms with Gasteiger partial charge in [0.15, 0.2) is 6.10 Å². The fourth-order valence-electron chi connectivity index (χ4n) is 2.40. The Morgan fingerprint density at radius 3 is 2.86 bits per heavy atom. The Kier molecular flexibility index (Phi) is 3.56. The molecule has 118 valence electrons. The molecule has 0 saturated carbocycles. The van der Waals surface area contributed by atoms with Gasteiger partial charge < -0.3 is 14.0 Å². The summed E-state index contributed by atoms with van der Waals surface area (Å²) in [6.45, 7) is 1.38. The number of hydrogen-bond acceptors (Lipinski definition) is 3. The lowest BCUT2D eigenvalue weighted by Crippen LogP contribution is -2.51. The molecule has 22 heavy (non-hydrogen) atoms. The molecule has 1 fully saturated rings. The van der Waals surface area contributed by atoms with Crippen molar-refractivity contribution in [2.45, 2.75) is 19.2 Å². The number of nitrogens with zero attached hydrogens (tertiary/aromatic N) is 3. The van der Waals surface area contributed by atoms with E-state index in [1.165, 1.54) is 6.20 Å². The summed E-state index contributed by atoms with van der Waals surface area (Å²) in [5.41, 5.74) is 1.70. The minimum absolute atomic E-state index is 0.123. The Labute approximate surface area is 124 Å². The molecule has 2 aromatic rings. The molecule has 5 nitrogen and oxygen atoms in total. The van der Waals surface area contributed by atoms with Crippen LogP contribution in [0.15, 0.2) is 24.5 Å². The van der Waals surface area contributed by atoms with Gasteiger partial charge in [0, 0.05) is 18.9 Å². The Morgan fingerprint density at radius 2 is 2.14 bits per heavy atom. The number of aromatic nitrogens is 2. The van der Waals surface area contributed by atoms with Gasteiger partial charge in [0.05, 0.1) is 13.2 Å². The van der Waals surface area contributed by atoms with E-state index in [9.17, 15) is 18.0 Å². The first-order valence-corrected chi connectivity index (χ1v) is 6.77. The van der Waals surface area contributed by atoms with Gasteiger partial charge in [-0.1, -0.05) is 6.07 Å². The molecule has 0 unspecified atom stereocenters. The molecule has 0 N–H and O–H groups in total. The predicted octanol–water partition coefficient (Wildman–Crippen LogP) is 2.05. The standard InChI is InChI=1S/C14H14F3N3O2/c1-9-2-3-12-18-10(7-20(12)6-9)13(21)19-4-5-22-11(8-19)14(15,16)17/h2-3,6-7,11H,4-5,8H2,1H3/t11-/m0/s1. The Balaban J connectivity index is 1.82. The average molecular weight is 313 g/mol. The second-order valence-electron chi connectivity index (χ2n) is 5.25. The van der Waals surface area contributed by atoms with Crippen molar-refractivity contribution in [2.75, 3.05) is 19.7 Å². The number of imidazole rings is 1. The van der Waals surface area contributed by atoms with Crippen molar-refractivity contribution in [1.29, 1.82) is 0 Å². The van der Waals surface area contributed by atoms with E-state index in [0.29, 0.717) is 5.65 Å². The lowest BCUT2D eigenvalue weighted by atomic mass is 10.2. The molecule has 1 saturated heterocycles. The molecule has 0 bridgehead atoms. The summed E-state index contributed by atoms with van der Waals surface area (Å²) in [7, 11) is 0. The first-order valence-electron chi connectivity index (χ1n) is 6.77. The molecule has 1 aliphatic rings. The number of pyridine rings is 1. The first kappa shape index (κ1) is 14.8. The number of carbonyl (C=O) groups is 1. The topological polar surface area (TPSA) is 46.8 Å². The van der Waals surface area contributed by atoms with Crippen molar-refractivity contribution in [3.63, 3.8) is 0 Å². The van der Waals surface area contributed by atoms with Crippen molar-refractivity contribution in [3.05, 3.63) is 35.8 Å². The van der Waals surface area contributed by atoms with Gasteiger partial charge in [-0.3, -0.25) is 4.79 Å². The average Bonchev–Trinajstić information content (AvgIpc) is 2.88. The lowest BCUT2D eigenvalue weighted by Gasteiger charge is -2.33. The van der Waals surface area contributed by atoms with Crippen molar-refractivity contribution in [2.24, 2.45) is 0 Å². The van der Waals surface area contributed by atoms with E-state index in [1.54, 1.807) is 16.7 Å². The van der Waals surface area contributed by atoms with E-state index in [-0.39, 0.29) is 18.8 Å². The number of morpholine rings is 1. The third-order valence-corrected chi connectivity index (χ3v) is 3.54. The Bertz CT molecular complexity index is 711. The monoisotopic (exact) mass is 313 g/mol. The fourth-order valence-corrected chi connectivity index (χ4v) is 2.40. The van der Waals surface area contributed by atoms with Crippen LogP contribution in [-0.4, -0.2) is 52.2 Å². The first-order chi connectivity index (χ1) is 10.3. The second kappa shape index (κ2) is 5.28. The smallest absolute Gasteiger partial charge is 0.365 e. The summed E-state index contributed by atoms with van der Waals surface area (Å²) in [6.07, 6.45) is -3.08. The highest BCUT2D eigenvalue weighted by Gasteiger charge is 2.44. The van der Waals surface area contributed by atoms with Crippen LogP contribution >= 0.6 is 0 Å². The number of amides is 1. The molecule has 3 rings (SSSR count). The summed E-state index contributed by atoms with van der Waals surface area (Å²) in [5, 5.41) is 0. The van der Waals surface area contributed by atoms with Crippen LogP contribution in [0.25, 0.3) is 5.65 Å². The molecule has 2 aromatic heterocycles. The predicted molar refractivity (Wildman–Crippen MR) is 71.6 cm³/mol. The van der Waals surface area contributed by atoms with Gasteiger partial charge >= 0.3 is 6.18 Å². The van der Waals surface area contributed by atoms with Crippen LogP contribution in [0, 0.1) is 6.92 Å². The Hall–Kier alpha value is -2.09. The number of aryl methyl sites for hydroxylation is 1. The summed E-state index contributed by atoms with van der Waals surface area (Å²) < 4.78 is 44.5. The molecule has 8 heteroatoms. The van der Waals surface area contributed by atoms with E-state index in [4.69, 9.17) is 0 Å². The normalized spacial score (nSPS) is 19.6. The maximum atomic E-state index is 12.7. The van der Waals surface area contributed by atoms with Crippen molar-refractivity contribution in [1.82, 2.24) is 14.3 Å². The molecular formula is C14H14F3N3O2. The van der Waals surface area contributed by atoms with Gasteiger partial charge in [-0.15, -0.1) is 0 Å². The van der Waals surface area contributed by atoms with E-state index in [1.807, 2.05) is 13.0 Å². The molecule has 3 heterocycles. The van der Waals surface area contributed by atoms with Gasteiger partial charge in [-0.05, 0) is 18.6 Å². The maximum Gasteiger partial charge on any atom is 0.416 e. The van der Waals surface area contributed by atoms with Crippen LogP contribution in [0.4, 0.5) is 13.2 Å². The van der Waals surface area contributed by atoms with Gasteiger partial charge in [-0.2, -0.15) is 13.2 Å². The molecule has 1 amide bonds. The zero-order chi connectivity index (χ0) is 15.9. The maximum absolute atomic E-state index is 12.7. The SMILES string of the molecule is Cc1ccc2nc(C(=O)N3CCO[C@H](C(F)(F)F)C3)cn2c1. The quantitative estimate of drug-likeness (QED) is 0.809. The Morgan fingerprint density at radius 1 is 1.36 bits per heavy atom. The molecule has 1 atom stereocenters. The third kappa shape index (κ3) is 2.78. The zero-order valence-corrected chi connectivity index (χ0v) is 11.8. The number of fused-ring (bicyclic) bond motifs is 1. The van der Waals surface area contributed by atoms with Crippen molar-refractivity contribution < 1.29 is 22.7 Å². The van der Waals surface area contributed by atoms with Crippen LogP contribution in [0.3, 0.4) is 0 Å². The molecule has 0 spiro atoms. The van der Waals surface area contributed by atoms with Gasteiger partial charge in [0.1, 0.15) is 11.3 Å². The summed E-state index contributed by atoms with van der Waals surface area (Å²) >= 11 is 0. The second-order valence-corrected chi connectivity index (χ2v) is 5.25. The third-order valence-electron chi connectivity index (χ3n) is 3.54. The number of ether oxygens (including phenoxy) is 1. The number of rotatable bonds is 1. The molecule has 1 aliphatic heterocycles. The number of carbonyl (C=O) groups excluding carboxylic acids is 1. The highest BCUT2D eigenvalue weighted by molar-refractivity contribution is 5.93. The van der Waals surface area contributed by atoms with Gasteiger partial charge in [-0.25, -0.2) is 4.98 Å². The summed E-state index contributed by atoms with van der Waals surface area (Å²) in [5.74, 6) is -0.515. The van der Waals surface area contributed by atoms with E-state index in [0.717, 1.165) is 10.5 Å². The van der Waals surface area contributed by atoms with Crippen LogP contribution in [0.1, 0.15) is 16.1 Å². The lowest BCUT2D eigenvalue weighted by molar-refractivity contribution is -0.233. The summed E-state index contributed by atoms with van der Waals surface area (Å²) in [4.78, 5) is 17.7. The summed E-state index contributed by atoms with van der Waals surface area (Å²) in [6, 6.07) is 3.61. The highest BCUT2D eigenvalue weighted by Crippen LogP contribution is 2.26. The van der Waals surface area contributed by atoms with Crippen LogP contribution in [0.2, 0.25) is 0 Å². The van der Waals surface area contributed by atoms with E-state index < -0.39 is 24.7 Å². The molecular weight excluding hydrogens is 299 g/mol. The fraction of sp³-hybridized carbons (Fsp3) is 0.429. The minimum atomic E-state index is -4.48. The molecule has 0 aromatic carbocycles. The number of halogens is 3. The largest absolute Gasteiger partial charge is 0.416 e. The van der Waals surface area contributed by atoms with E-state index in [2.05, 4.69) is 9.72 Å². The number of alkyl halides is 3.